The zero-order valence-electron chi connectivity index (χ0n) is 15.7. The fourth-order valence-electron chi connectivity index (χ4n) is 4.22. The Hall–Kier alpha value is -1.88. The molecular formula is C21H29N3O2. The van der Waals surface area contributed by atoms with Gasteiger partial charge in [-0.3, -0.25) is 14.5 Å². The maximum absolute atomic E-state index is 13.2. The Morgan fingerprint density at radius 2 is 2.00 bits per heavy atom. The van der Waals surface area contributed by atoms with Crippen molar-refractivity contribution in [3.63, 3.8) is 0 Å². The summed E-state index contributed by atoms with van der Waals surface area (Å²) in [5.74, 6) is 1.03. The largest absolute Gasteiger partial charge is 0.341 e. The Morgan fingerprint density at radius 1 is 1.15 bits per heavy atom. The first-order valence-corrected chi connectivity index (χ1v) is 9.96. The molecule has 5 heteroatoms. The van der Waals surface area contributed by atoms with Crippen LogP contribution < -0.4 is 0 Å². The summed E-state index contributed by atoms with van der Waals surface area (Å²) in [6.07, 6.45) is 4.03. The molecule has 1 atom stereocenters. The van der Waals surface area contributed by atoms with E-state index in [4.69, 9.17) is 0 Å². The van der Waals surface area contributed by atoms with E-state index < -0.39 is 0 Å². The molecule has 1 saturated carbocycles. The summed E-state index contributed by atoms with van der Waals surface area (Å²) in [6, 6.07) is 8.20. The maximum atomic E-state index is 13.2. The van der Waals surface area contributed by atoms with Gasteiger partial charge in [-0.2, -0.15) is 0 Å². The van der Waals surface area contributed by atoms with Gasteiger partial charge in [-0.15, -0.1) is 0 Å². The highest BCUT2D eigenvalue weighted by Crippen LogP contribution is 2.33. The van der Waals surface area contributed by atoms with E-state index in [1.54, 1.807) is 0 Å². The first-order valence-electron chi connectivity index (χ1n) is 9.96. The number of hydrogen-bond acceptors (Lipinski definition) is 3. The van der Waals surface area contributed by atoms with Gasteiger partial charge in [0.2, 0.25) is 11.8 Å². The number of fused-ring (bicyclic) bond motifs is 1. The lowest BCUT2D eigenvalue weighted by atomic mass is 10.1. The number of rotatable bonds is 4. The Kier molecular flexibility index (Phi) is 4.98. The van der Waals surface area contributed by atoms with Crippen LogP contribution in [0.25, 0.3) is 0 Å². The van der Waals surface area contributed by atoms with Gasteiger partial charge >= 0.3 is 0 Å². The van der Waals surface area contributed by atoms with Crippen LogP contribution in [0.3, 0.4) is 0 Å². The summed E-state index contributed by atoms with van der Waals surface area (Å²) in [4.78, 5) is 31.9. The number of hydrogen-bond donors (Lipinski definition) is 0. The van der Waals surface area contributed by atoms with Crippen molar-refractivity contribution in [3.05, 3.63) is 35.4 Å². The molecule has 2 saturated heterocycles. The Bertz CT molecular complexity index is 686. The van der Waals surface area contributed by atoms with E-state index in [0.717, 1.165) is 32.6 Å². The molecule has 0 N–H and O–H groups in total. The fourth-order valence-corrected chi connectivity index (χ4v) is 4.22. The highest BCUT2D eigenvalue weighted by molar-refractivity contribution is 5.84. The first kappa shape index (κ1) is 17.5. The Balaban J connectivity index is 1.44. The number of piperazine rings is 1. The molecule has 2 aliphatic heterocycles. The molecule has 1 unspecified atom stereocenters. The van der Waals surface area contributed by atoms with Crippen LogP contribution in [0, 0.1) is 12.8 Å². The van der Waals surface area contributed by atoms with Crippen molar-refractivity contribution < 1.29 is 9.59 Å². The molecule has 3 fully saturated rings. The summed E-state index contributed by atoms with van der Waals surface area (Å²) in [5, 5.41) is 0. The highest BCUT2D eigenvalue weighted by atomic mass is 16.2. The molecule has 0 radical (unpaired) electrons. The second-order valence-electron chi connectivity index (χ2n) is 8.14. The van der Waals surface area contributed by atoms with Crippen molar-refractivity contribution in [3.8, 4) is 0 Å². The van der Waals surface area contributed by atoms with Gasteiger partial charge in [-0.1, -0.05) is 29.8 Å². The average Bonchev–Trinajstić information content (AvgIpc) is 3.43. The molecular weight excluding hydrogens is 326 g/mol. The van der Waals surface area contributed by atoms with Crippen LogP contribution in [0.1, 0.15) is 36.8 Å². The number of benzene rings is 1. The van der Waals surface area contributed by atoms with E-state index in [1.165, 1.54) is 24.0 Å². The monoisotopic (exact) mass is 355 g/mol. The van der Waals surface area contributed by atoms with Gasteiger partial charge in [-0.25, -0.2) is 0 Å². The minimum absolute atomic E-state index is 0.167. The van der Waals surface area contributed by atoms with E-state index in [2.05, 4.69) is 36.1 Å². The van der Waals surface area contributed by atoms with Gasteiger partial charge in [-0.05, 0) is 37.7 Å². The van der Waals surface area contributed by atoms with Crippen molar-refractivity contribution in [1.29, 1.82) is 0 Å². The van der Waals surface area contributed by atoms with Crippen LogP contribution >= 0.6 is 0 Å². The Morgan fingerprint density at radius 3 is 2.77 bits per heavy atom. The molecule has 0 bridgehead atoms. The van der Waals surface area contributed by atoms with E-state index in [9.17, 15) is 9.59 Å². The maximum Gasteiger partial charge on any atom is 0.242 e. The predicted molar refractivity (Wildman–Crippen MR) is 100 cm³/mol. The van der Waals surface area contributed by atoms with Crippen molar-refractivity contribution >= 4 is 11.8 Å². The summed E-state index contributed by atoms with van der Waals surface area (Å²) >= 11 is 0. The average molecular weight is 355 g/mol. The van der Waals surface area contributed by atoms with Crippen LogP contribution in [0.15, 0.2) is 24.3 Å². The van der Waals surface area contributed by atoms with E-state index in [-0.39, 0.29) is 17.9 Å². The fraction of sp³-hybridized carbons (Fsp3) is 0.619. The third-order valence-electron chi connectivity index (χ3n) is 5.93. The molecule has 1 aromatic carbocycles. The number of amides is 2. The topological polar surface area (TPSA) is 43.9 Å². The minimum atomic E-state index is -0.167. The summed E-state index contributed by atoms with van der Waals surface area (Å²) in [5.41, 5.74) is 2.40. The SMILES string of the molecule is Cc1cccc(CN2CCN3CCCN(C(=O)CC4CC4)CC3C2=O)c1. The Labute approximate surface area is 155 Å². The summed E-state index contributed by atoms with van der Waals surface area (Å²) in [6.45, 7) is 6.71. The van der Waals surface area contributed by atoms with E-state index in [1.807, 2.05) is 9.80 Å². The lowest BCUT2D eigenvalue weighted by molar-refractivity contribution is -0.144. The van der Waals surface area contributed by atoms with Crippen molar-refractivity contribution in [2.45, 2.75) is 45.2 Å². The van der Waals surface area contributed by atoms with Gasteiger partial charge in [0, 0.05) is 45.7 Å². The quantitative estimate of drug-likeness (QED) is 0.830. The van der Waals surface area contributed by atoms with Crippen LogP contribution in [-0.2, 0) is 16.1 Å². The summed E-state index contributed by atoms with van der Waals surface area (Å²) < 4.78 is 0. The third-order valence-corrected chi connectivity index (χ3v) is 5.93. The van der Waals surface area contributed by atoms with Crippen LogP contribution in [0.2, 0.25) is 0 Å². The molecule has 0 aromatic heterocycles. The van der Waals surface area contributed by atoms with Gasteiger partial charge in [0.15, 0.2) is 0 Å². The zero-order chi connectivity index (χ0) is 18.1. The molecule has 5 nitrogen and oxygen atoms in total. The number of carbonyl (C=O) groups excluding carboxylic acids is 2. The summed E-state index contributed by atoms with van der Waals surface area (Å²) in [7, 11) is 0. The number of nitrogens with zero attached hydrogens (tertiary/aromatic N) is 3. The first-order chi connectivity index (χ1) is 12.6. The molecule has 4 rings (SSSR count). The lowest BCUT2D eigenvalue weighted by Gasteiger charge is -2.40. The number of aryl methyl sites for hydroxylation is 1. The molecule has 1 aromatic rings. The molecule has 3 aliphatic rings. The highest BCUT2D eigenvalue weighted by Gasteiger charge is 2.38. The van der Waals surface area contributed by atoms with Crippen LogP contribution in [0.5, 0.6) is 0 Å². The van der Waals surface area contributed by atoms with E-state index in [0.29, 0.717) is 25.4 Å². The van der Waals surface area contributed by atoms with Gasteiger partial charge < -0.3 is 9.80 Å². The van der Waals surface area contributed by atoms with Crippen LogP contribution in [0.4, 0.5) is 0 Å². The lowest BCUT2D eigenvalue weighted by Crippen LogP contribution is -2.59. The van der Waals surface area contributed by atoms with E-state index >= 15 is 0 Å². The molecule has 2 amide bonds. The second kappa shape index (κ2) is 7.39. The molecule has 0 spiro atoms. The molecule has 140 valence electrons. The smallest absolute Gasteiger partial charge is 0.242 e. The van der Waals surface area contributed by atoms with Crippen molar-refractivity contribution in [2.75, 3.05) is 32.7 Å². The molecule has 1 aliphatic carbocycles. The predicted octanol–water partition coefficient (Wildman–Crippen LogP) is 2.04. The zero-order valence-corrected chi connectivity index (χ0v) is 15.7. The minimum Gasteiger partial charge on any atom is -0.341 e. The number of carbonyl (C=O) groups is 2. The third kappa shape index (κ3) is 3.93. The standard InChI is InChI=1S/C21H29N3O2/c1-16-4-2-5-18(12-16)14-24-11-10-22-8-3-9-23(15-19(22)21(24)26)20(25)13-17-6-7-17/h2,4-5,12,17,19H,3,6-11,13-15H2,1H3. The van der Waals surface area contributed by atoms with Crippen molar-refractivity contribution in [2.24, 2.45) is 5.92 Å². The van der Waals surface area contributed by atoms with Crippen LogP contribution in [-0.4, -0.2) is 65.3 Å². The normalized spacial score (nSPS) is 24.3. The van der Waals surface area contributed by atoms with Gasteiger partial charge in [0.05, 0.1) is 0 Å². The molecule has 2 heterocycles. The second-order valence-corrected chi connectivity index (χ2v) is 8.14. The van der Waals surface area contributed by atoms with Gasteiger partial charge in [0.25, 0.3) is 0 Å². The molecule has 26 heavy (non-hydrogen) atoms. The van der Waals surface area contributed by atoms with Crippen molar-refractivity contribution in [1.82, 2.24) is 14.7 Å². The van der Waals surface area contributed by atoms with Gasteiger partial charge in [0.1, 0.15) is 6.04 Å².